The molecule has 0 bridgehead atoms. The number of carbonyl (C=O) groups excluding carboxylic acids is 1. The standard InChI is InChI=1S/C13H23NO4S/c1-18-6-2-3-11(13(16)17)14-12(15)9-10-4-7-19-8-5-10/h10-11H,2-9H2,1H3,(H,14,15)(H,16,17). The van der Waals surface area contributed by atoms with Gasteiger partial charge in [0.15, 0.2) is 0 Å². The summed E-state index contributed by atoms with van der Waals surface area (Å²) in [4.78, 5) is 22.9. The molecular formula is C13H23NO4S. The minimum absolute atomic E-state index is 0.137. The molecule has 1 fully saturated rings. The van der Waals surface area contributed by atoms with Crippen LogP contribution >= 0.6 is 11.8 Å². The predicted octanol–water partition coefficient (Wildman–Crippen LogP) is 1.52. The number of rotatable bonds is 8. The van der Waals surface area contributed by atoms with Crippen LogP contribution in [0.15, 0.2) is 0 Å². The molecule has 1 heterocycles. The summed E-state index contributed by atoms with van der Waals surface area (Å²) in [5, 5.41) is 11.7. The lowest BCUT2D eigenvalue weighted by Crippen LogP contribution is -2.41. The van der Waals surface area contributed by atoms with E-state index < -0.39 is 12.0 Å². The third-order valence-electron chi connectivity index (χ3n) is 3.29. The van der Waals surface area contributed by atoms with E-state index in [1.165, 1.54) is 0 Å². The van der Waals surface area contributed by atoms with Gasteiger partial charge in [-0.1, -0.05) is 0 Å². The Morgan fingerprint density at radius 3 is 2.68 bits per heavy atom. The van der Waals surface area contributed by atoms with Crippen molar-refractivity contribution in [1.82, 2.24) is 5.32 Å². The van der Waals surface area contributed by atoms with E-state index >= 15 is 0 Å². The molecule has 0 spiro atoms. The van der Waals surface area contributed by atoms with Crippen molar-refractivity contribution in [2.75, 3.05) is 25.2 Å². The van der Waals surface area contributed by atoms with Gasteiger partial charge in [-0.2, -0.15) is 11.8 Å². The first-order valence-corrected chi connectivity index (χ1v) is 7.87. The van der Waals surface area contributed by atoms with Crippen molar-refractivity contribution in [2.45, 2.75) is 38.1 Å². The van der Waals surface area contributed by atoms with Gasteiger partial charge in [0.25, 0.3) is 0 Å². The van der Waals surface area contributed by atoms with Gasteiger partial charge in [0.2, 0.25) is 5.91 Å². The second kappa shape index (κ2) is 9.20. The minimum atomic E-state index is -0.969. The van der Waals surface area contributed by atoms with E-state index in [0.717, 1.165) is 24.3 Å². The molecule has 0 saturated carbocycles. The SMILES string of the molecule is COCCCC(NC(=O)CC1CCSCC1)C(=O)O. The molecular weight excluding hydrogens is 266 g/mol. The molecule has 6 heteroatoms. The molecule has 0 radical (unpaired) electrons. The fraction of sp³-hybridized carbons (Fsp3) is 0.846. The Bertz CT molecular complexity index is 292. The van der Waals surface area contributed by atoms with Crippen LogP contribution in [0.25, 0.3) is 0 Å². The molecule has 1 aliphatic heterocycles. The highest BCUT2D eigenvalue weighted by atomic mass is 32.2. The Morgan fingerprint density at radius 2 is 2.11 bits per heavy atom. The Morgan fingerprint density at radius 1 is 1.42 bits per heavy atom. The third-order valence-corrected chi connectivity index (χ3v) is 4.34. The van der Waals surface area contributed by atoms with Gasteiger partial charge < -0.3 is 15.2 Å². The molecule has 1 atom stereocenters. The van der Waals surface area contributed by atoms with Crippen LogP contribution in [0.2, 0.25) is 0 Å². The molecule has 19 heavy (non-hydrogen) atoms. The van der Waals surface area contributed by atoms with Crippen LogP contribution in [-0.4, -0.2) is 48.2 Å². The molecule has 5 nitrogen and oxygen atoms in total. The first-order valence-electron chi connectivity index (χ1n) is 6.72. The van der Waals surface area contributed by atoms with E-state index in [4.69, 9.17) is 9.84 Å². The number of methoxy groups -OCH3 is 1. The minimum Gasteiger partial charge on any atom is -0.480 e. The number of hydrogen-bond acceptors (Lipinski definition) is 4. The second-order valence-corrected chi connectivity index (χ2v) is 6.08. The van der Waals surface area contributed by atoms with Crippen LogP contribution in [0.5, 0.6) is 0 Å². The van der Waals surface area contributed by atoms with Crippen molar-refractivity contribution >= 4 is 23.6 Å². The van der Waals surface area contributed by atoms with Crippen molar-refractivity contribution in [1.29, 1.82) is 0 Å². The molecule has 0 aromatic heterocycles. The highest BCUT2D eigenvalue weighted by Gasteiger charge is 2.22. The van der Waals surface area contributed by atoms with E-state index in [1.807, 2.05) is 11.8 Å². The molecule has 110 valence electrons. The summed E-state index contributed by atoms with van der Waals surface area (Å²) in [6, 6.07) is -0.791. The topological polar surface area (TPSA) is 75.6 Å². The van der Waals surface area contributed by atoms with Gasteiger partial charge in [-0.05, 0) is 43.1 Å². The van der Waals surface area contributed by atoms with Crippen molar-refractivity contribution in [2.24, 2.45) is 5.92 Å². The van der Waals surface area contributed by atoms with Gasteiger partial charge >= 0.3 is 5.97 Å². The average molecular weight is 289 g/mol. The Hall–Kier alpha value is -0.750. The number of carboxylic acids is 1. The Kier molecular flexibility index (Phi) is 7.90. The predicted molar refractivity (Wildman–Crippen MR) is 75.3 cm³/mol. The largest absolute Gasteiger partial charge is 0.480 e. The molecule has 1 rings (SSSR count). The number of amides is 1. The number of aliphatic carboxylic acids is 1. The fourth-order valence-corrected chi connectivity index (χ4v) is 3.36. The maximum atomic E-state index is 11.8. The van der Waals surface area contributed by atoms with Gasteiger partial charge in [0.1, 0.15) is 6.04 Å². The van der Waals surface area contributed by atoms with Gasteiger partial charge in [-0.3, -0.25) is 4.79 Å². The van der Waals surface area contributed by atoms with Crippen LogP contribution in [0, 0.1) is 5.92 Å². The van der Waals surface area contributed by atoms with Crippen LogP contribution in [0.3, 0.4) is 0 Å². The molecule has 0 aliphatic carbocycles. The summed E-state index contributed by atoms with van der Waals surface area (Å²) in [6.45, 7) is 0.513. The normalized spacial score (nSPS) is 17.9. The number of carbonyl (C=O) groups is 2. The molecule has 1 aliphatic rings. The van der Waals surface area contributed by atoms with Gasteiger partial charge in [0.05, 0.1) is 0 Å². The monoisotopic (exact) mass is 289 g/mol. The van der Waals surface area contributed by atoms with Crippen LogP contribution in [-0.2, 0) is 14.3 Å². The third kappa shape index (κ3) is 6.82. The lowest BCUT2D eigenvalue weighted by atomic mass is 9.98. The molecule has 0 aromatic rings. The lowest BCUT2D eigenvalue weighted by Gasteiger charge is -2.22. The molecule has 1 unspecified atom stereocenters. The number of carboxylic acid groups (broad SMARTS) is 1. The summed E-state index contributed by atoms with van der Waals surface area (Å²) in [6.07, 6.45) is 3.61. The molecule has 0 aromatic carbocycles. The summed E-state index contributed by atoms with van der Waals surface area (Å²) in [7, 11) is 1.58. The van der Waals surface area contributed by atoms with E-state index in [9.17, 15) is 9.59 Å². The number of nitrogens with one attached hydrogen (secondary N) is 1. The maximum absolute atomic E-state index is 11.8. The fourth-order valence-electron chi connectivity index (χ4n) is 2.16. The zero-order chi connectivity index (χ0) is 14.1. The lowest BCUT2D eigenvalue weighted by molar-refractivity contribution is -0.142. The van der Waals surface area contributed by atoms with Crippen molar-refractivity contribution < 1.29 is 19.4 Å². The van der Waals surface area contributed by atoms with Crippen molar-refractivity contribution in [3.8, 4) is 0 Å². The van der Waals surface area contributed by atoms with Crippen molar-refractivity contribution in [3.05, 3.63) is 0 Å². The summed E-state index contributed by atoms with van der Waals surface area (Å²) in [5.41, 5.74) is 0. The smallest absolute Gasteiger partial charge is 0.326 e. The number of hydrogen-bond donors (Lipinski definition) is 2. The second-order valence-electron chi connectivity index (χ2n) is 4.85. The van der Waals surface area contributed by atoms with Crippen molar-refractivity contribution in [3.63, 3.8) is 0 Å². The highest BCUT2D eigenvalue weighted by molar-refractivity contribution is 7.99. The number of thioether (sulfide) groups is 1. The number of ether oxygens (including phenoxy) is 1. The van der Waals surface area contributed by atoms with Gasteiger partial charge in [-0.15, -0.1) is 0 Å². The average Bonchev–Trinajstić information content (AvgIpc) is 2.38. The molecule has 1 amide bonds. The summed E-state index contributed by atoms with van der Waals surface area (Å²) >= 11 is 1.92. The maximum Gasteiger partial charge on any atom is 0.326 e. The van der Waals surface area contributed by atoms with Crippen LogP contribution in [0.1, 0.15) is 32.1 Å². The van der Waals surface area contributed by atoms with E-state index in [0.29, 0.717) is 31.8 Å². The zero-order valence-corrected chi connectivity index (χ0v) is 12.2. The van der Waals surface area contributed by atoms with E-state index in [1.54, 1.807) is 7.11 Å². The zero-order valence-electron chi connectivity index (χ0n) is 11.4. The molecule has 2 N–H and O–H groups in total. The van der Waals surface area contributed by atoms with Gasteiger partial charge in [0, 0.05) is 20.1 Å². The Labute approximate surface area is 118 Å². The highest BCUT2D eigenvalue weighted by Crippen LogP contribution is 2.25. The first-order chi connectivity index (χ1) is 9.13. The van der Waals surface area contributed by atoms with E-state index in [2.05, 4.69) is 5.32 Å². The van der Waals surface area contributed by atoms with Crippen LogP contribution < -0.4 is 5.32 Å². The summed E-state index contributed by atoms with van der Waals surface area (Å²) < 4.78 is 4.89. The first kappa shape index (κ1) is 16.3. The van der Waals surface area contributed by atoms with Gasteiger partial charge in [-0.25, -0.2) is 4.79 Å². The quantitative estimate of drug-likeness (QED) is 0.663. The summed E-state index contributed by atoms with van der Waals surface area (Å²) in [5.74, 6) is 1.52. The molecule has 1 saturated heterocycles. The Balaban J connectivity index is 2.31. The van der Waals surface area contributed by atoms with E-state index in [-0.39, 0.29) is 5.91 Å². The van der Waals surface area contributed by atoms with Crippen LogP contribution in [0.4, 0.5) is 0 Å².